The molecule has 1 N–H and O–H groups in total. The van der Waals surface area contributed by atoms with Crippen molar-refractivity contribution in [2.45, 2.75) is 45.1 Å². The molecule has 0 aliphatic heterocycles. The van der Waals surface area contributed by atoms with Crippen molar-refractivity contribution in [3.05, 3.63) is 23.8 Å². The number of esters is 1. The van der Waals surface area contributed by atoms with Gasteiger partial charge < -0.3 is 9.47 Å². The van der Waals surface area contributed by atoms with Crippen LogP contribution in [0.25, 0.3) is 0 Å². The minimum atomic E-state index is -0.580. The maximum atomic E-state index is 11.9. The largest absolute Gasteiger partial charge is 0.462 e. The molecule has 0 bridgehead atoms. The number of benzene rings is 1. The summed E-state index contributed by atoms with van der Waals surface area (Å²) in [5.41, 5.74) is 0.339. The zero-order chi connectivity index (χ0) is 16.8. The minimum absolute atomic E-state index is 0.304. The van der Waals surface area contributed by atoms with Crippen LogP contribution in [0.2, 0.25) is 0 Å². The van der Waals surface area contributed by atoms with Crippen molar-refractivity contribution >= 4 is 29.5 Å². The van der Waals surface area contributed by atoms with Crippen LogP contribution in [-0.2, 0) is 9.47 Å². The molecule has 122 valence electrons. The molecule has 0 aliphatic rings. The number of anilines is 1. The zero-order valence-electron chi connectivity index (χ0n) is 13.7. The fourth-order valence-electron chi connectivity index (χ4n) is 1.67. The van der Waals surface area contributed by atoms with Crippen LogP contribution in [0.15, 0.2) is 23.1 Å². The number of nitrogens with one attached hydrogen (secondary N) is 1. The molecule has 0 radical (unpaired) electrons. The quantitative estimate of drug-likeness (QED) is 0.645. The van der Waals surface area contributed by atoms with Crippen LogP contribution in [0.1, 0.15) is 45.0 Å². The van der Waals surface area contributed by atoms with E-state index in [2.05, 4.69) is 5.32 Å². The molecule has 5 nitrogen and oxygen atoms in total. The van der Waals surface area contributed by atoms with Crippen LogP contribution in [0, 0.1) is 0 Å². The van der Waals surface area contributed by atoms with Gasteiger partial charge in [-0.2, -0.15) is 0 Å². The summed E-state index contributed by atoms with van der Waals surface area (Å²) in [6.45, 7) is 9.45. The molecule has 0 heterocycles. The van der Waals surface area contributed by atoms with Gasteiger partial charge >= 0.3 is 12.1 Å². The van der Waals surface area contributed by atoms with Crippen LogP contribution < -0.4 is 5.32 Å². The third-order valence-corrected chi connectivity index (χ3v) is 3.23. The van der Waals surface area contributed by atoms with Gasteiger partial charge in [-0.1, -0.05) is 6.92 Å². The number of thioether (sulfide) groups is 1. The molecule has 6 heteroatoms. The van der Waals surface area contributed by atoms with Gasteiger partial charge in [0.05, 0.1) is 12.2 Å². The third-order valence-electron chi connectivity index (χ3n) is 2.37. The van der Waals surface area contributed by atoms with E-state index >= 15 is 0 Å². The molecule has 1 amide bonds. The summed E-state index contributed by atoms with van der Waals surface area (Å²) in [6.07, 6.45) is -0.555. The van der Waals surface area contributed by atoms with E-state index in [1.165, 1.54) is 0 Å². The van der Waals surface area contributed by atoms with E-state index in [-0.39, 0.29) is 0 Å². The minimum Gasteiger partial charge on any atom is -0.462 e. The third kappa shape index (κ3) is 6.39. The molecule has 1 aromatic carbocycles. The van der Waals surface area contributed by atoms with Gasteiger partial charge in [0.2, 0.25) is 0 Å². The van der Waals surface area contributed by atoms with Crippen LogP contribution in [-0.4, -0.2) is 30.0 Å². The second kappa shape index (κ2) is 8.08. The molecule has 0 saturated heterocycles. The van der Waals surface area contributed by atoms with Gasteiger partial charge in [-0.05, 0) is 51.6 Å². The Balaban J connectivity index is 2.97. The van der Waals surface area contributed by atoms with E-state index in [0.717, 1.165) is 10.6 Å². The molecule has 0 fully saturated rings. The van der Waals surface area contributed by atoms with E-state index < -0.39 is 17.7 Å². The highest BCUT2D eigenvalue weighted by Gasteiger charge is 2.17. The fourth-order valence-corrected chi connectivity index (χ4v) is 2.43. The maximum Gasteiger partial charge on any atom is 0.412 e. The predicted octanol–water partition coefficient (Wildman–Crippen LogP) is 4.32. The molecule has 0 aromatic heterocycles. The van der Waals surface area contributed by atoms with Crippen molar-refractivity contribution in [1.29, 1.82) is 0 Å². The summed E-state index contributed by atoms with van der Waals surface area (Å²) in [6, 6.07) is 5.15. The molecular weight excluding hydrogens is 302 g/mol. The second-order valence-corrected chi connectivity index (χ2v) is 6.86. The van der Waals surface area contributed by atoms with Crippen LogP contribution in [0.5, 0.6) is 0 Å². The van der Waals surface area contributed by atoms with Crippen molar-refractivity contribution in [1.82, 2.24) is 0 Å². The van der Waals surface area contributed by atoms with Gasteiger partial charge in [-0.25, -0.2) is 9.59 Å². The predicted molar refractivity (Wildman–Crippen MR) is 88.7 cm³/mol. The highest BCUT2D eigenvalue weighted by atomic mass is 32.2. The summed E-state index contributed by atoms with van der Waals surface area (Å²) < 4.78 is 10.2. The Hall–Kier alpha value is -1.69. The van der Waals surface area contributed by atoms with Crippen LogP contribution in [0.4, 0.5) is 10.5 Å². The highest BCUT2D eigenvalue weighted by Crippen LogP contribution is 2.25. The average Bonchev–Trinajstić information content (AvgIpc) is 2.36. The van der Waals surface area contributed by atoms with Gasteiger partial charge in [0, 0.05) is 10.6 Å². The summed E-state index contributed by atoms with van der Waals surface area (Å²) in [5.74, 6) is 0.450. The van der Waals surface area contributed by atoms with Gasteiger partial charge in [-0.15, -0.1) is 11.8 Å². The number of hydrogen-bond donors (Lipinski definition) is 1. The van der Waals surface area contributed by atoms with E-state index in [9.17, 15) is 9.59 Å². The standard InChI is InChI=1S/C16H23NO4S/c1-6-20-14(18)11-8-12(10-13(9-11)22-7-2)17-15(19)21-16(3,4)5/h8-10H,6-7H2,1-5H3,(H,17,19). The summed E-state index contributed by atoms with van der Waals surface area (Å²) in [5, 5.41) is 2.65. The first-order chi connectivity index (χ1) is 10.2. The van der Waals surface area contributed by atoms with E-state index in [1.54, 1.807) is 57.7 Å². The number of rotatable bonds is 5. The average molecular weight is 325 g/mol. The van der Waals surface area contributed by atoms with Gasteiger partial charge in [0.1, 0.15) is 5.60 Å². The Labute approximate surface area is 135 Å². The number of carbonyl (C=O) groups excluding carboxylic acids is 2. The number of ether oxygens (including phenoxy) is 2. The first-order valence-electron chi connectivity index (χ1n) is 7.20. The summed E-state index contributed by atoms with van der Waals surface area (Å²) in [4.78, 5) is 24.6. The maximum absolute atomic E-state index is 11.9. The highest BCUT2D eigenvalue weighted by molar-refractivity contribution is 7.99. The first-order valence-corrected chi connectivity index (χ1v) is 8.18. The normalized spacial score (nSPS) is 11.0. The molecule has 0 unspecified atom stereocenters. The lowest BCUT2D eigenvalue weighted by Crippen LogP contribution is -2.27. The van der Waals surface area contributed by atoms with Crippen molar-refractivity contribution in [2.24, 2.45) is 0 Å². The lowest BCUT2D eigenvalue weighted by molar-refractivity contribution is 0.0524. The Morgan fingerprint density at radius 3 is 2.41 bits per heavy atom. The number of amides is 1. The summed E-state index contributed by atoms with van der Waals surface area (Å²) in [7, 11) is 0. The smallest absolute Gasteiger partial charge is 0.412 e. The zero-order valence-corrected chi connectivity index (χ0v) is 14.5. The van der Waals surface area contributed by atoms with Crippen molar-refractivity contribution in [3.63, 3.8) is 0 Å². The number of carbonyl (C=O) groups is 2. The van der Waals surface area contributed by atoms with Gasteiger partial charge in [0.15, 0.2) is 0 Å². The molecule has 1 aromatic rings. The van der Waals surface area contributed by atoms with Gasteiger partial charge in [-0.3, -0.25) is 5.32 Å². The molecule has 0 saturated carbocycles. The molecule has 0 spiro atoms. The van der Waals surface area contributed by atoms with E-state index in [4.69, 9.17) is 9.47 Å². The van der Waals surface area contributed by atoms with Crippen molar-refractivity contribution < 1.29 is 19.1 Å². The molecule has 22 heavy (non-hydrogen) atoms. The van der Waals surface area contributed by atoms with E-state index in [1.807, 2.05) is 6.92 Å². The van der Waals surface area contributed by atoms with Crippen LogP contribution in [0.3, 0.4) is 0 Å². The molecule has 1 rings (SSSR count). The monoisotopic (exact) mass is 325 g/mol. The van der Waals surface area contributed by atoms with Gasteiger partial charge in [0.25, 0.3) is 0 Å². The Morgan fingerprint density at radius 1 is 1.18 bits per heavy atom. The Bertz CT molecular complexity index is 537. The Kier molecular flexibility index (Phi) is 6.74. The first kappa shape index (κ1) is 18.4. The topological polar surface area (TPSA) is 64.6 Å². The van der Waals surface area contributed by atoms with Crippen molar-refractivity contribution in [3.8, 4) is 0 Å². The Morgan fingerprint density at radius 2 is 1.86 bits per heavy atom. The summed E-state index contributed by atoms with van der Waals surface area (Å²) >= 11 is 1.58. The fraction of sp³-hybridized carbons (Fsp3) is 0.500. The lowest BCUT2D eigenvalue weighted by Gasteiger charge is -2.20. The number of hydrogen-bond acceptors (Lipinski definition) is 5. The molecular formula is C16H23NO4S. The van der Waals surface area contributed by atoms with E-state index in [0.29, 0.717) is 17.9 Å². The second-order valence-electron chi connectivity index (χ2n) is 5.53. The lowest BCUT2D eigenvalue weighted by atomic mass is 10.2. The molecule has 0 aliphatic carbocycles. The molecule has 0 atom stereocenters. The van der Waals surface area contributed by atoms with Crippen LogP contribution >= 0.6 is 11.8 Å². The SMILES string of the molecule is CCOC(=O)c1cc(NC(=O)OC(C)(C)C)cc(SCC)c1. The van der Waals surface area contributed by atoms with Crippen molar-refractivity contribution in [2.75, 3.05) is 17.7 Å².